The van der Waals surface area contributed by atoms with Gasteiger partial charge in [-0.2, -0.15) is 0 Å². The molecule has 2 N–H and O–H groups in total. The Balaban J connectivity index is 1.50. The van der Waals surface area contributed by atoms with Gasteiger partial charge in [0.25, 0.3) is 5.91 Å². The van der Waals surface area contributed by atoms with Gasteiger partial charge >= 0.3 is 0 Å². The molecule has 0 atom stereocenters. The number of hydrogen-bond donors (Lipinski definition) is 2. The fourth-order valence-electron chi connectivity index (χ4n) is 2.98. The third kappa shape index (κ3) is 4.33. The molecular weight excluding hydrogens is 380 g/mol. The van der Waals surface area contributed by atoms with E-state index in [-0.39, 0.29) is 11.6 Å². The molecule has 0 aliphatic heterocycles. The lowest BCUT2D eigenvalue weighted by Gasteiger charge is -2.12. The van der Waals surface area contributed by atoms with E-state index < -0.39 is 0 Å². The summed E-state index contributed by atoms with van der Waals surface area (Å²) in [6, 6.07) is 13.5. The minimum absolute atomic E-state index is 0.267. The SMILES string of the molecule is COc1ccc(-c2cc3ncccc3c(NCCNC(=O)c3cnccn3)n2)cc1. The molecule has 0 aliphatic rings. The summed E-state index contributed by atoms with van der Waals surface area (Å²) in [5.41, 5.74) is 2.88. The molecule has 3 heterocycles. The average molecular weight is 400 g/mol. The van der Waals surface area contributed by atoms with E-state index in [0.717, 1.165) is 27.9 Å². The predicted octanol–water partition coefficient (Wildman–Crippen LogP) is 2.94. The molecule has 0 fully saturated rings. The standard InChI is InChI=1S/C22H20N6O2/c1-30-16-6-4-15(5-7-16)18-13-19-17(3-2-8-24-19)21(28-18)26-11-12-27-22(29)20-14-23-9-10-25-20/h2-10,13-14H,11-12H2,1H3,(H,26,28)(H,27,29). The highest BCUT2D eigenvalue weighted by atomic mass is 16.5. The minimum Gasteiger partial charge on any atom is -0.497 e. The second kappa shape index (κ2) is 8.95. The number of carbonyl (C=O) groups excluding carboxylic acids is 1. The number of carbonyl (C=O) groups is 1. The maximum Gasteiger partial charge on any atom is 0.271 e. The summed E-state index contributed by atoms with van der Waals surface area (Å²) < 4.78 is 5.23. The zero-order valence-electron chi connectivity index (χ0n) is 16.4. The second-order valence-electron chi connectivity index (χ2n) is 6.43. The highest BCUT2D eigenvalue weighted by molar-refractivity contribution is 5.92. The van der Waals surface area contributed by atoms with Crippen molar-refractivity contribution < 1.29 is 9.53 Å². The van der Waals surface area contributed by atoms with E-state index in [1.807, 2.05) is 42.5 Å². The molecule has 150 valence electrons. The number of nitrogens with one attached hydrogen (secondary N) is 2. The number of fused-ring (bicyclic) bond motifs is 1. The number of pyridine rings is 2. The number of ether oxygens (including phenoxy) is 1. The number of nitrogens with zero attached hydrogens (tertiary/aromatic N) is 4. The summed E-state index contributed by atoms with van der Waals surface area (Å²) in [5.74, 6) is 1.23. The summed E-state index contributed by atoms with van der Waals surface area (Å²) >= 11 is 0. The van der Waals surface area contributed by atoms with E-state index in [9.17, 15) is 4.79 Å². The Labute approximate surface area is 173 Å². The molecule has 0 saturated heterocycles. The highest BCUT2D eigenvalue weighted by Crippen LogP contribution is 2.27. The summed E-state index contributed by atoms with van der Waals surface area (Å²) in [6.45, 7) is 0.903. The van der Waals surface area contributed by atoms with Crippen LogP contribution in [0.5, 0.6) is 5.75 Å². The molecule has 3 aromatic heterocycles. The number of methoxy groups -OCH3 is 1. The third-order valence-electron chi connectivity index (χ3n) is 4.48. The maximum atomic E-state index is 12.1. The van der Waals surface area contributed by atoms with E-state index in [0.29, 0.717) is 18.9 Å². The molecule has 0 unspecified atom stereocenters. The van der Waals surface area contributed by atoms with Crippen LogP contribution in [-0.2, 0) is 0 Å². The summed E-state index contributed by atoms with van der Waals surface area (Å²) in [6.07, 6.45) is 6.20. The topological polar surface area (TPSA) is 102 Å². The number of amides is 1. The van der Waals surface area contributed by atoms with Gasteiger partial charge in [-0.15, -0.1) is 0 Å². The van der Waals surface area contributed by atoms with Crippen LogP contribution in [-0.4, -0.2) is 46.0 Å². The van der Waals surface area contributed by atoms with Crippen molar-refractivity contribution in [3.8, 4) is 17.0 Å². The van der Waals surface area contributed by atoms with Crippen LogP contribution in [0.2, 0.25) is 0 Å². The zero-order valence-corrected chi connectivity index (χ0v) is 16.4. The number of anilines is 1. The van der Waals surface area contributed by atoms with Crippen LogP contribution < -0.4 is 15.4 Å². The Morgan fingerprint density at radius 1 is 1.03 bits per heavy atom. The van der Waals surface area contributed by atoms with Crippen molar-refractivity contribution >= 4 is 22.6 Å². The van der Waals surface area contributed by atoms with E-state index in [1.54, 1.807) is 13.3 Å². The molecule has 0 aliphatic carbocycles. The van der Waals surface area contributed by atoms with Gasteiger partial charge in [-0.05, 0) is 42.5 Å². The fourth-order valence-corrected chi connectivity index (χ4v) is 2.98. The van der Waals surface area contributed by atoms with E-state index in [1.165, 1.54) is 18.6 Å². The molecule has 0 radical (unpaired) electrons. The first kappa shape index (κ1) is 19.3. The third-order valence-corrected chi connectivity index (χ3v) is 4.48. The largest absolute Gasteiger partial charge is 0.497 e. The van der Waals surface area contributed by atoms with Crippen molar-refractivity contribution in [3.05, 3.63) is 72.9 Å². The van der Waals surface area contributed by atoms with Crippen LogP contribution >= 0.6 is 0 Å². The Morgan fingerprint density at radius 2 is 1.90 bits per heavy atom. The smallest absolute Gasteiger partial charge is 0.271 e. The van der Waals surface area contributed by atoms with Crippen LogP contribution in [0.25, 0.3) is 22.2 Å². The normalized spacial score (nSPS) is 10.6. The molecule has 1 aromatic carbocycles. The number of rotatable bonds is 7. The number of aromatic nitrogens is 4. The molecular formula is C22H20N6O2. The summed E-state index contributed by atoms with van der Waals surface area (Å²) in [4.78, 5) is 29.2. The van der Waals surface area contributed by atoms with Crippen LogP contribution in [0.1, 0.15) is 10.5 Å². The summed E-state index contributed by atoms with van der Waals surface area (Å²) in [7, 11) is 1.64. The fraction of sp³-hybridized carbons (Fsp3) is 0.136. The van der Waals surface area contributed by atoms with Gasteiger partial charge in [-0.1, -0.05) is 0 Å². The van der Waals surface area contributed by atoms with Crippen LogP contribution in [0, 0.1) is 0 Å². The Kier molecular flexibility index (Phi) is 5.75. The van der Waals surface area contributed by atoms with Crippen molar-refractivity contribution in [2.24, 2.45) is 0 Å². The van der Waals surface area contributed by atoms with E-state index >= 15 is 0 Å². The van der Waals surface area contributed by atoms with Gasteiger partial charge in [0.05, 0.1) is 24.5 Å². The molecule has 8 heteroatoms. The van der Waals surface area contributed by atoms with Crippen molar-refractivity contribution in [2.75, 3.05) is 25.5 Å². The zero-order chi connectivity index (χ0) is 20.8. The first-order chi connectivity index (χ1) is 14.7. The number of benzene rings is 1. The van der Waals surface area contributed by atoms with Gasteiger partial charge in [0.1, 0.15) is 17.3 Å². The highest BCUT2D eigenvalue weighted by Gasteiger charge is 2.10. The average Bonchev–Trinajstić information content (AvgIpc) is 2.82. The lowest BCUT2D eigenvalue weighted by molar-refractivity contribution is 0.0950. The van der Waals surface area contributed by atoms with E-state index in [2.05, 4.69) is 25.6 Å². The van der Waals surface area contributed by atoms with Gasteiger partial charge < -0.3 is 15.4 Å². The second-order valence-corrected chi connectivity index (χ2v) is 6.43. The molecule has 4 rings (SSSR count). The van der Waals surface area contributed by atoms with Crippen LogP contribution in [0.15, 0.2) is 67.3 Å². The quantitative estimate of drug-likeness (QED) is 0.460. The summed E-state index contributed by atoms with van der Waals surface area (Å²) in [5, 5.41) is 7.03. The van der Waals surface area contributed by atoms with Gasteiger partial charge in [-0.3, -0.25) is 14.8 Å². The first-order valence-corrected chi connectivity index (χ1v) is 9.43. The van der Waals surface area contributed by atoms with Crippen molar-refractivity contribution in [3.63, 3.8) is 0 Å². The van der Waals surface area contributed by atoms with Gasteiger partial charge in [0.2, 0.25) is 0 Å². The Bertz CT molecular complexity index is 1150. The molecule has 30 heavy (non-hydrogen) atoms. The maximum absolute atomic E-state index is 12.1. The van der Waals surface area contributed by atoms with Gasteiger partial charge in [-0.25, -0.2) is 9.97 Å². The van der Waals surface area contributed by atoms with Crippen LogP contribution in [0.4, 0.5) is 5.82 Å². The molecule has 1 amide bonds. The lowest BCUT2D eigenvalue weighted by Crippen LogP contribution is -2.29. The molecule has 0 bridgehead atoms. The van der Waals surface area contributed by atoms with Crippen molar-refractivity contribution in [2.45, 2.75) is 0 Å². The minimum atomic E-state index is -0.267. The van der Waals surface area contributed by atoms with Gasteiger partial charge in [0.15, 0.2) is 0 Å². The van der Waals surface area contributed by atoms with Gasteiger partial charge in [0, 0.05) is 42.6 Å². The number of hydrogen-bond acceptors (Lipinski definition) is 7. The molecule has 0 saturated carbocycles. The molecule has 4 aromatic rings. The van der Waals surface area contributed by atoms with Crippen molar-refractivity contribution in [1.82, 2.24) is 25.3 Å². The van der Waals surface area contributed by atoms with E-state index in [4.69, 9.17) is 9.72 Å². The lowest BCUT2D eigenvalue weighted by atomic mass is 10.1. The van der Waals surface area contributed by atoms with Crippen LogP contribution in [0.3, 0.4) is 0 Å². The van der Waals surface area contributed by atoms with Crippen molar-refractivity contribution in [1.29, 1.82) is 0 Å². The molecule has 8 nitrogen and oxygen atoms in total. The first-order valence-electron chi connectivity index (χ1n) is 9.43. The predicted molar refractivity (Wildman–Crippen MR) is 114 cm³/mol. The molecule has 0 spiro atoms. The Hall–Kier alpha value is -4.07. The monoisotopic (exact) mass is 400 g/mol. The Morgan fingerprint density at radius 3 is 2.67 bits per heavy atom.